The van der Waals surface area contributed by atoms with Crippen molar-refractivity contribution in [3.63, 3.8) is 0 Å². The Hall–Kier alpha value is -0.120. The Morgan fingerprint density at radius 2 is 2.21 bits per heavy atom. The number of hydrogen-bond donors (Lipinski definition) is 1. The van der Waals surface area contributed by atoms with Crippen molar-refractivity contribution in [1.82, 2.24) is 4.90 Å². The lowest BCUT2D eigenvalue weighted by Gasteiger charge is -2.33. The monoisotopic (exact) mass is 198 g/mol. The Bertz CT molecular complexity index is 169. The van der Waals surface area contributed by atoms with E-state index in [9.17, 15) is 0 Å². The first kappa shape index (κ1) is 10.4. The molecule has 82 valence electrons. The van der Waals surface area contributed by atoms with Gasteiger partial charge in [0.05, 0.1) is 6.61 Å². The predicted molar refractivity (Wildman–Crippen MR) is 57.1 cm³/mol. The van der Waals surface area contributed by atoms with Crippen LogP contribution >= 0.6 is 0 Å². The second-order valence-electron chi connectivity index (χ2n) is 4.73. The summed E-state index contributed by atoms with van der Waals surface area (Å²) in [6.45, 7) is 6.52. The molecular weight excluding hydrogens is 176 g/mol. The minimum absolute atomic E-state index is 0.742. The Labute approximate surface area is 86.6 Å². The molecular formula is C11H22N2O. The molecule has 0 amide bonds. The number of hydrogen-bond acceptors (Lipinski definition) is 3. The van der Waals surface area contributed by atoms with Crippen molar-refractivity contribution in [3.05, 3.63) is 0 Å². The van der Waals surface area contributed by atoms with Gasteiger partial charge in [-0.2, -0.15) is 0 Å². The van der Waals surface area contributed by atoms with Crippen LogP contribution in [0.4, 0.5) is 0 Å². The topological polar surface area (TPSA) is 38.5 Å². The third-order valence-electron chi connectivity index (χ3n) is 3.48. The molecule has 3 heteroatoms. The number of likely N-dealkylation sites (tertiary alicyclic amines) is 1. The van der Waals surface area contributed by atoms with E-state index in [2.05, 4.69) is 4.90 Å². The molecule has 0 spiro atoms. The maximum absolute atomic E-state index is 5.72. The highest BCUT2D eigenvalue weighted by atomic mass is 16.5. The third-order valence-corrected chi connectivity index (χ3v) is 3.48. The van der Waals surface area contributed by atoms with E-state index in [0.29, 0.717) is 0 Å². The summed E-state index contributed by atoms with van der Waals surface area (Å²) in [7, 11) is 0. The number of nitrogens with zero attached hydrogens (tertiary/aromatic N) is 1. The molecule has 2 fully saturated rings. The second kappa shape index (κ2) is 5.10. The van der Waals surface area contributed by atoms with Crippen molar-refractivity contribution in [1.29, 1.82) is 0 Å². The zero-order chi connectivity index (χ0) is 9.80. The fraction of sp³-hybridized carbons (Fsp3) is 1.00. The summed E-state index contributed by atoms with van der Waals surface area (Å²) >= 11 is 0. The Kier molecular flexibility index (Phi) is 3.79. The smallest absolute Gasteiger partial charge is 0.0507 e. The van der Waals surface area contributed by atoms with Crippen LogP contribution in [0.5, 0.6) is 0 Å². The van der Waals surface area contributed by atoms with Gasteiger partial charge in [0.1, 0.15) is 0 Å². The second-order valence-corrected chi connectivity index (χ2v) is 4.73. The molecule has 2 saturated heterocycles. The molecule has 0 radical (unpaired) electrons. The molecule has 0 aromatic rings. The van der Waals surface area contributed by atoms with Crippen LogP contribution in [0.15, 0.2) is 0 Å². The number of nitrogens with two attached hydrogens (primary N) is 1. The summed E-state index contributed by atoms with van der Waals surface area (Å²) in [5.74, 6) is 1.53. The van der Waals surface area contributed by atoms with Crippen LogP contribution in [-0.2, 0) is 4.74 Å². The van der Waals surface area contributed by atoms with Gasteiger partial charge in [0.2, 0.25) is 0 Å². The van der Waals surface area contributed by atoms with E-state index in [4.69, 9.17) is 10.5 Å². The van der Waals surface area contributed by atoms with Crippen LogP contribution in [-0.4, -0.2) is 44.3 Å². The quantitative estimate of drug-likeness (QED) is 0.725. The molecule has 0 saturated carbocycles. The fourth-order valence-corrected chi connectivity index (χ4v) is 2.60. The Balaban J connectivity index is 1.73. The van der Waals surface area contributed by atoms with Gasteiger partial charge in [0.25, 0.3) is 0 Å². The van der Waals surface area contributed by atoms with E-state index in [1.54, 1.807) is 0 Å². The minimum atomic E-state index is 0.742. The summed E-state index contributed by atoms with van der Waals surface area (Å²) in [4.78, 5) is 2.58. The molecule has 2 atom stereocenters. The molecule has 2 aliphatic heterocycles. The van der Waals surface area contributed by atoms with E-state index in [1.165, 1.54) is 38.9 Å². The van der Waals surface area contributed by atoms with Crippen LogP contribution in [0.25, 0.3) is 0 Å². The van der Waals surface area contributed by atoms with E-state index in [1.807, 2.05) is 0 Å². The van der Waals surface area contributed by atoms with Gasteiger partial charge in [-0.1, -0.05) is 0 Å². The van der Waals surface area contributed by atoms with Crippen LogP contribution < -0.4 is 5.73 Å². The van der Waals surface area contributed by atoms with Crippen LogP contribution in [0.3, 0.4) is 0 Å². The maximum atomic E-state index is 5.72. The van der Waals surface area contributed by atoms with Gasteiger partial charge >= 0.3 is 0 Å². The van der Waals surface area contributed by atoms with Crippen LogP contribution in [0.2, 0.25) is 0 Å². The Morgan fingerprint density at radius 3 is 2.93 bits per heavy atom. The summed E-state index contributed by atoms with van der Waals surface area (Å²) in [6.07, 6.45) is 3.91. The zero-order valence-electron chi connectivity index (χ0n) is 8.95. The molecule has 2 N–H and O–H groups in total. The first-order chi connectivity index (χ1) is 6.88. The van der Waals surface area contributed by atoms with E-state index < -0.39 is 0 Å². The molecule has 2 aliphatic rings. The average molecular weight is 198 g/mol. The van der Waals surface area contributed by atoms with Crippen molar-refractivity contribution in [2.24, 2.45) is 17.6 Å². The van der Waals surface area contributed by atoms with Gasteiger partial charge in [-0.05, 0) is 44.2 Å². The molecule has 0 bridgehead atoms. The van der Waals surface area contributed by atoms with Gasteiger partial charge in [0, 0.05) is 19.7 Å². The highest BCUT2D eigenvalue weighted by Crippen LogP contribution is 2.19. The van der Waals surface area contributed by atoms with E-state index >= 15 is 0 Å². The maximum Gasteiger partial charge on any atom is 0.0507 e. The van der Waals surface area contributed by atoms with E-state index in [0.717, 1.165) is 31.6 Å². The van der Waals surface area contributed by atoms with E-state index in [-0.39, 0.29) is 0 Å². The normalized spacial score (nSPS) is 34.9. The van der Waals surface area contributed by atoms with Gasteiger partial charge < -0.3 is 15.4 Å². The standard InChI is InChI=1S/C11H22N2O/c12-6-10-2-1-4-13(7-10)8-11-3-5-14-9-11/h10-11H,1-9,12H2. The van der Waals surface area contributed by atoms with Gasteiger partial charge in [-0.3, -0.25) is 0 Å². The summed E-state index contributed by atoms with van der Waals surface area (Å²) in [6, 6.07) is 0. The van der Waals surface area contributed by atoms with Crippen molar-refractivity contribution in [2.75, 3.05) is 39.4 Å². The van der Waals surface area contributed by atoms with Crippen LogP contribution in [0.1, 0.15) is 19.3 Å². The highest BCUT2D eigenvalue weighted by Gasteiger charge is 2.23. The third kappa shape index (κ3) is 2.69. The summed E-state index contributed by atoms with van der Waals surface area (Å²) in [5, 5.41) is 0. The van der Waals surface area contributed by atoms with Crippen molar-refractivity contribution < 1.29 is 4.74 Å². The lowest BCUT2D eigenvalue weighted by molar-refractivity contribution is 0.137. The largest absolute Gasteiger partial charge is 0.381 e. The predicted octanol–water partition coefficient (Wildman–Crippen LogP) is 0.694. The number of rotatable bonds is 3. The molecule has 14 heavy (non-hydrogen) atoms. The first-order valence-electron chi connectivity index (χ1n) is 5.88. The number of ether oxygens (including phenoxy) is 1. The molecule has 2 heterocycles. The van der Waals surface area contributed by atoms with Crippen LogP contribution in [0, 0.1) is 11.8 Å². The minimum Gasteiger partial charge on any atom is -0.381 e. The molecule has 2 rings (SSSR count). The Morgan fingerprint density at radius 1 is 1.29 bits per heavy atom. The first-order valence-corrected chi connectivity index (χ1v) is 5.88. The SMILES string of the molecule is NCC1CCCN(CC2CCOC2)C1. The fourth-order valence-electron chi connectivity index (χ4n) is 2.60. The van der Waals surface area contributed by atoms with Gasteiger partial charge in [-0.25, -0.2) is 0 Å². The lowest BCUT2D eigenvalue weighted by atomic mass is 9.97. The summed E-state index contributed by atoms with van der Waals surface area (Å²) in [5.41, 5.74) is 5.72. The van der Waals surface area contributed by atoms with Crippen molar-refractivity contribution in [3.8, 4) is 0 Å². The molecule has 2 unspecified atom stereocenters. The zero-order valence-corrected chi connectivity index (χ0v) is 8.95. The highest BCUT2D eigenvalue weighted by molar-refractivity contribution is 4.76. The molecule has 0 aromatic heterocycles. The van der Waals surface area contributed by atoms with Crippen molar-refractivity contribution in [2.45, 2.75) is 19.3 Å². The van der Waals surface area contributed by atoms with Gasteiger partial charge in [-0.15, -0.1) is 0 Å². The number of piperidine rings is 1. The van der Waals surface area contributed by atoms with Gasteiger partial charge in [0.15, 0.2) is 0 Å². The molecule has 0 aromatic carbocycles. The lowest BCUT2D eigenvalue weighted by Crippen LogP contribution is -2.40. The average Bonchev–Trinajstić information content (AvgIpc) is 2.71. The molecule has 0 aliphatic carbocycles. The summed E-state index contributed by atoms with van der Waals surface area (Å²) < 4.78 is 5.40. The molecule has 3 nitrogen and oxygen atoms in total. The van der Waals surface area contributed by atoms with Crippen molar-refractivity contribution >= 4 is 0 Å².